The predicted molar refractivity (Wildman–Crippen MR) is 67.5 cm³/mol. The fourth-order valence-electron chi connectivity index (χ4n) is 1.04. The average molecular weight is 243 g/mol. The second kappa shape index (κ2) is 4.95. The van der Waals surface area contributed by atoms with Crippen LogP contribution in [0.15, 0.2) is 18.2 Å². The molecule has 1 rings (SSSR count). The smallest absolute Gasteiger partial charge is 0.192 e. The SMILES string of the molecule is Cc1cc(Cl)ccc1NC(=S)NC(=N)N. The molecule has 5 N–H and O–H groups in total. The van der Waals surface area contributed by atoms with E-state index in [0.29, 0.717) is 5.02 Å². The van der Waals surface area contributed by atoms with Crippen LogP contribution in [0.25, 0.3) is 0 Å². The third kappa shape index (κ3) is 3.73. The fourth-order valence-corrected chi connectivity index (χ4v) is 1.49. The van der Waals surface area contributed by atoms with Gasteiger partial charge in [-0.25, -0.2) is 0 Å². The summed E-state index contributed by atoms with van der Waals surface area (Å²) in [5.41, 5.74) is 6.93. The van der Waals surface area contributed by atoms with E-state index >= 15 is 0 Å². The van der Waals surface area contributed by atoms with Gasteiger partial charge in [0, 0.05) is 10.7 Å². The monoisotopic (exact) mass is 242 g/mol. The van der Waals surface area contributed by atoms with Crippen molar-refractivity contribution in [1.82, 2.24) is 5.32 Å². The van der Waals surface area contributed by atoms with Crippen LogP contribution in [0.1, 0.15) is 5.56 Å². The second-order valence-electron chi connectivity index (χ2n) is 2.95. The molecular weight excluding hydrogens is 232 g/mol. The van der Waals surface area contributed by atoms with Crippen LogP contribution in [0, 0.1) is 12.3 Å². The Morgan fingerprint density at radius 3 is 2.73 bits per heavy atom. The van der Waals surface area contributed by atoms with Gasteiger partial charge in [0.25, 0.3) is 0 Å². The van der Waals surface area contributed by atoms with E-state index < -0.39 is 0 Å². The molecule has 0 unspecified atom stereocenters. The van der Waals surface area contributed by atoms with E-state index in [4.69, 9.17) is 35.0 Å². The number of halogens is 1. The molecule has 4 nitrogen and oxygen atoms in total. The summed E-state index contributed by atoms with van der Waals surface area (Å²) < 4.78 is 0. The number of aryl methyl sites for hydroxylation is 1. The van der Waals surface area contributed by atoms with Crippen molar-refractivity contribution in [2.75, 3.05) is 5.32 Å². The lowest BCUT2D eigenvalue weighted by molar-refractivity contribution is 1.25. The minimum atomic E-state index is -0.195. The number of guanidine groups is 1. The van der Waals surface area contributed by atoms with Gasteiger partial charge in [-0.05, 0) is 42.9 Å². The number of benzene rings is 1. The number of thiocarbonyl (C=S) groups is 1. The Morgan fingerprint density at radius 2 is 2.20 bits per heavy atom. The Morgan fingerprint density at radius 1 is 1.53 bits per heavy atom. The Kier molecular flexibility index (Phi) is 3.88. The molecule has 1 aromatic carbocycles. The van der Waals surface area contributed by atoms with Crippen LogP contribution in [-0.4, -0.2) is 11.1 Å². The number of nitrogens with two attached hydrogens (primary N) is 1. The highest BCUT2D eigenvalue weighted by molar-refractivity contribution is 7.80. The topological polar surface area (TPSA) is 73.9 Å². The minimum absolute atomic E-state index is 0.195. The molecule has 0 aliphatic heterocycles. The van der Waals surface area contributed by atoms with Crippen molar-refractivity contribution >= 4 is 40.6 Å². The van der Waals surface area contributed by atoms with E-state index in [9.17, 15) is 0 Å². The van der Waals surface area contributed by atoms with Gasteiger partial charge in [0.05, 0.1) is 0 Å². The normalized spacial score (nSPS) is 9.47. The van der Waals surface area contributed by atoms with Gasteiger partial charge < -0.3 is 16.4 Å². The molecule has 0 aromatic heterocycles. The largest absolute Gasteiger partial charge is 0.370 e. The van der Waals surface area contributed by atoms with Crippen molar-refractivity contribution in [3.05, 3.63) is 28.8 Å². The molecule has 0 radical (unpaired) electrons. The number of hydrogen-bond acceptors (Lipinski definition) is 2. The third-order valence-corrected chi connectivity index (χ3v) is 2.12. The summed E-state index contributed by atoms with van der Waals surface area (Å²) in [5.74, 6) is -0.195. The van der Waals surface area contributed by atoms with Crippen molar-refractivity contribution < 1.29 is 0 Å². The van der Waals surface area contributed by atoms with Gasteiger partial charge in [-0.15, -0.1) is 0 Å². The average Bonchev–Trinajstić information content (AvgIpc) is 2.08. The van der Waals surface area contributed by atoms with Gasteiger partial charge in [-0.3, -0.25) is 5.41 Å². The van der Waals surface area contributed by atoms with Gasteiger partial charge in [-0.2, -0.15) is 0 Å². The quantitative estimate of drug-likeness (QED) is 0.344. The van der Waals surface area contributed by atoms with E-state index in [-0.39, 0.29) is 11.1 Å². The summed E-state index contributed by atoms with van der Waals surface area (Å²) in [5, 5.41) is 13.3. The van der Waals surface area contributed by atoms with E-state index in [0.717, 1.165) is 11.3 Å². The minimum Gasteiger partial charge on any atom is -0.370 e. The summed E-state index contributed by atoms with van der Waals surface area (Å²) in [6.45, 7) is 1.91. The van der Waals surface area contributed by atoms with Crippen molar-refractivity contribution in [3.63, 3.8) is 0 Å². The zero-order valence-electron chi connectivity index (χ0n) is 8.10. The molecule has 0 amide bonds. The Labute approximate surface area is 98.3 Å². The third-order valence-electron chi connectivity index (χ3n) is 1.68. The highest BCUT2D eigenvalue weighted by Gasteiger charge is 2.01. The lowest BCUT2D eigenvalue weighted by Gasteiger charge is -2.11. The summed E-state index contributed by atoms with van der Waals surface area (Å²) in [7, 11) is 0. The molecule has 1 aromatic rings. The van der Waals surface area contributed by atoms with Crippen LogP contribution in [0.5, 0.6) is 0 Å². The molecule has 80 valence electrons. The molecule has 6 heteroatoms. The number of anilines is 1. The first-order valence-corrected chi connectivity index (χ1v) is 4.96. The maximum absolute atomic E-state index is 7.00. The molecule has 0 heterocycles. The van der Waals surface area contributed by atoms with Gasteiger partial charge in [0.2, 0.25) is 0 Å². The highest BCUT2D eigenvalue weighted by Crippen LogP contribution is 2.19. The molecule has 15 heavy (non-hydrogen) atoms. The molecule has 0 aliphatic rings. The summed E-state index contributed by atoms with van der Waals surface area (Å²) >= 11 is 10.7. The lowest BCUT2D eigenvalue weighted by atomic mass is 10.2. The first-order chi connectivity index (χ1) is 6.99. The van der Waals surface area contributed by atoms with Crippen LogP contribution in [0.3, 0.4) is 0 Å². The molecule has 0 aliphatic carbocycles. The Bertz CT molecular complexity index is 405. The van der Waals surface area contributed by atoms with Crippen LogP contribution in [0.2, 0.25) is 5.02 Å². The number of hydrogen-bond donors (Lipinski definition) is 4. The molecule has 0 saturated carbocycles. The molecule has 0 bridgehead atoms. The fraction of sp³-hybridized carbons (Fsp3) is 0.111. The van der Waals surface area contributed by atoms with Crippen LogP contribution in [-0.2, 0) is 0 Å². The Balaban J connectivity index is 2.72. The molecular formula is C9H11ClN4S. The van der Waals surface area contributed by atoms with Crippen molar-refractivity contribution in [3.8, 4) is 0 Å². The first kappa shape index (κ1) is 11.7. The van der Waals surface area contributed by atoms with Gasteiger partial charge >= 0.3 is 0 Å². The second-order valence-corrected chi connectivity index (χ2v) is 3.80. The maximum atomic E-state index is 7.00. The van der Waals surface area contributed by atoms with Crippen molar-refractivity contribution in [2.24, 2.45) is 5.73 Å². The predicted octanol–water partition coefficient (Wildman–Crippen LogP) is 1.83. The maximum Gasteiger partial charge on any atom is 0.192 e. The lowest BCUT2D eigenvalue weighted by Crippen LogP contribution is -2.38. The van der Waals surface area contributed by atoms with Crippen LogP contribution < -0.4 is 16.4 Å². The molecule has 0 fully saturated rings. The zero-order chi connectivity index (χ0) is 11.4. The number of nitrogens with one attached hydrogen (secondary N) is 3. The van der Waals surface area contributed by atoms with E-state index in [1.165, 1.54) is 0 Å². The number of rotatable bonds is 1. The summed E-state index contributed by atoms with van der Waals surface area (Å²) in [6, 6.07) is 5.39. The zero-order valence-corrected chi connectivity index (χ0v) is 9.67. The highest BCUT2D eigenvalue weighted by atomic mass is 35.5. The molecule has 0 atom stereocenters. The van der Waals surface area contributed by atoms with Crippen LogP contribution in [0.4, 0.5) is 5.69 Å². The standard InChI is InChI=1S/C9H11ClN4S/c1-5-4-6(10)2-3-7(5)13-9(15)14-8(11)12/h2-4H,1H3,(H5,11,12,13,14,15). The van der Waals surface area contributed by atoms with Crippen LogP contribution >= 0.6 is 23.8 Å². The van der Waals surface area contributed by atoms with Gasteiger partial charge in [0.15, 0.2) is 11.1 Å². The summed E-state index contributed by atoms with van der Waals surface area (Å²) in [6.07, 6.45) is 0. The van der Waals surface area contributed by atoms with E-state index in [2.05, 4.69) is 10.6 Å². The summed E-state index contributed by atoms with van der Waals surface area (Å²) in [4.78, 5) is 0. The van der Waals surface area contributed by atoms with Gasteiger partial charge in [-0.1, -0.05) is 11.6 Å². The van der Waals surface area contributed by atoms with E-state index in [1.54, 1.807) is 6.07 Å². The van der Waals surface area contributed by atoms with E-state index in [1.807, 2.05) is 19.1 Å². The van der Waals surface area contributed by atoms with Gasteiger partial charge in [0.1, 0.15) is 0 Å². The first-order valence-electron chi connectivity index (χ1n) is 4.17. The molecule has 0 spiro atoms. The molecule has 0 saturated heterocycles. The van der Waals surface area contributed by atoms with Crippen molar-refractivity contribution in [2.45, 2.75) is 6.92 Å². The Hall–Kier alpha value is -1.33. The van der Waals surface area contributed by atoms with Crippen molar-refractivity contribution in [1.29, 1.82) is 5.41 Å².